The van der Waals surface area contributed by atoms with Crippen molar-refractivity contribution in [3.05, 3.63) is 17.5 Å². The largest absolute Gasteiger partial charge is 0.361 e. The summed E-state index contributed by atoms with van der Waals surface area (Å²) in [7, 11) is 1.85. The molecule has 0 aliphatic carbocycles. The van der Waals surface area contributed by atoms with Crippen LogP contribution < -0.4 is 5.32 Å². The number of aromatic nitrogens is 1. The maximum atomic E-state index is 12.7. The molecule has 1 unspecified atom stereocenters. The summed E-state index contributed by atoms with van der Waals surface area (Å²) < 4.78 is 5.04. The molecule has 1 saturated heterocycles. The van der Waals surface area contributed by atoms with Gasteiger partial charge in [0.15, 0.2) is 0 Å². The molecule has 5 nitrogen and oxygen atoms in total. The number of piperidine rings is 1. The lowest BCUT2D eigenvalue weighted by Crippen LogP contribution is -2.50. The topological polar surface area (TPSA) is 58.4 Å². The van der Waals surface area contributed by atoms with Crippen molar-refractivity contribution in [1.82, 2.24) is 15.4 Å². The van der Waals surface area contributed by atoms with Crippen LogP contribution in [0.3, 0.4) is 0 Å². The van der Waals surface area contributed by atoms with Crippen molar-refractivity contribution in [2.24, 2.45) is 5.41 Å². The van der Waals surface area contributed by atoms with E-state index in [1.807, 2.05) is 20.0 Å². The number of carbonyl (C=O) groups is 1. The van der Waals surface area contributed by atoms with Crippen molar-refractivity contribution >= 4 is 5.91 Å². The molecule has 5 heteroatoms. The third-order valence-electron chi connectivity index (χ3n) is 4.03. The highest BCUT2D eigenvalue weighted by molar-refractivity contribution is 5.82. The molecule has 0 saturated carbocycles. The summed E-state index contributed by atoms with van der Waals surface area (Å²) in [6.07, 6.45) is 2.91. The Hall–Kier alpha value is -1.36. The highest BCUT2D eigenvalue weighted by Gasteiger charge is 2.39. The summed E-state index contributed by atoms with van der Waals surface area (Å²) in [6.45, 7) is 6.26. The molecule has 1 atom stereocenters. The first-order chi connectivity index (χ1) is 9.07. The number of amides is 1. The van der Waals surface area contributed by atoms with Gasteiger partial charge in [-0.05, 0) is 32.7 Å². The molecular weight excluding hydrogens is 242 g/mol. The number of nitrogens with zero attached hydrogens (tertiary/aromatic N) is 2. The second kappa shape index (κ2) is 5.74. The lowest BCUT2D eigenvalue weighted by molar-refractivity contribution is -0.142. The summed E-state index contributed by atoms with van der Waals surface area (Å²) in [4.78, 5) is 14.5. The average molecular weight is 265 g/mol. The van der Waals surface area contributed by atoms with Crippen molar-refractivity contribution in [2.45, 2.75) is 39.7 Å². The van der Waals surface area contributed by atoms with Gasteiger partial charge >= 0.3 is 0 Å². The summed E-state index contributed by atoms with van der Waals surface area (Å²) >= 11 is 0. The molecule has 1 aromatic rings. The van der Waals surface area contributed by atoms with Crippen molar-refractivity contribution < 1.29 is 9.32 Å². The van der Waals surface area contributed by atoms with Crippen molar-refractivity contribution in [1.29, 1.82) is 0 Å². The number of aryl methyl sites for hydroxylation is 1. The second-order valence-electron chi connectivity index (χ2n) is 5.50. The van der Waals surface area contributed by atoms with Crippen molar-refractivity contribution in [2.75, 3.05) is 20.1 Å². The first-order valence-corrected chi connectivity index (χ1v) is 6.96. The van der Waals surface area contributed by atoms with E-state index in [9.17, 15) is 4.79 Å². The minimum atomic E-state index is -0.244. The van der Waals surface area contributed by atoms with Gasteiger partial charge in [-0.2, -0.15) is 0 Å². The monoisotopic (exact) mass is 265 g/mol. The summed E-state index contributed by atoms with van der Waals surface area (Å²) in [6, 6.07) is 1.88. The van der Waals surface area contributed by atoms with E-state index in [0.717, 1.165) is 43.8 Å². The Morgan fingerprint density at radius 1 is 1.63 bits per heavy atom. The SMILES string of the molecule is CCC1(C(=O)N(C)Cc2cc(C)on2)CCCNC1. The molecular formula is C14H23N3O2. The van der Waals surface area contributed by atoms with Crippen LogP contribution >= 0.6 is 0 Å². The van der Waals surface area contributed by atoms with Crippen LogP contribution in [0.25, 0.3) is 0 Å². The van der Waals surface area contributed by atoms with Crippen LogP contribution in [-0.4, -0.2) is 36.1 Å². The van der Waals surface area contributed by atoms with E-state index in [1.165, 1.54) is 0 Å². The molecule has 2 heterocycles. The lowest BCUT2D eigenvalue weighted by Gasteiger charge is -2.38. The Labute approximate surface area is 114 Å². The van der Waals surface area contributed by atoms with Crippen LogP contribution in [0.1, 0.15) is 37.6 Å². The van der Waals surface area contributed by atoms with Gasteiger partial charge in [-0.3, -0.25) is 4.79 Å². The van der Waals surface area contributed by atoms with Crippen LogP contribution in [0.5, 0.6) is 0 Å². The zero-order valence-electron chi connectivity index (χ0n) is 12.0. The second-order valence-corrected chi connectivity index (χ2v) is 5.50. The van der Waals surface area contributed by atoms with Crippen LogP contribution in [0.15, 0.2) is 10.6 Å². The maximum absolute atomic E-state index is 12.7. The smallest absolute Gasteiger partial charge is 0.230 e. The molecule has 19 heavy (non-hydrogen) atoms. The van der Waals surface area contributed by atoms with E-state index in [4.69, 9.17) is 4.52 Å². The molecule has 0 aromatic carbocycles. The molecule has 2 rings (SSSR count). The Morgan fingerprint density at radius 2 is 2.42 bits per heavy atom. The summed E-state index contributed by atoms with van der Waals surface area (Å²) in [5.74, 6) is 0.989. The van der Waals surface area contributed by atoms with Crippen LogP contribution in [0.2, 0.25) is 0 Å². The normalized spacial score (nSPS) is 23.3. The third-order valence-corrected chi connectivity index (χ3v) is 4.03. The highest BCUT2D eigenvalue weighted by Crippen LogP contribution is 2.32. The zero-order valence-corrected chi connectivity index (χ0v) is 12.0. The summed E-state index contributed by atoms with van der Waals surface area (Å²) in [5, 5.41) is 7.30. The fourth-order valence-corrected chi connectivity index (χ4v) is 2.82. The highest BCUT2D eigenvalue weighted by atomic mass is 16.5. The Bertz CT molecular complexity index is 436. The van der Waals surface area contributed by atoms with Gasteiger partial charge in [0.2, 0.25) is 5.91 Å². The predicted molar refractivity (Wildman–Crippen MR) is 72.5 cm³/mol. The predicted octanol–water partition coefficient (Wildman–Crippen LogP) is 1.72. The standard InChI is InChI=1S/C14H23N3O2/c1-4-14(6-5-7-15-10-14)13(18)17(3)9-12-8-11(2)19-16-12/h8,15H,4-7,9-10H2,1-3H3. The van der Waals surface area contributed by atoms with E-state index in [1.54, 1.807) is 4.90 Å². The van der Waals surface area contributed by atoms with E-state index in [0.29, 0.717) is 6.54 Å². The van der Waals surface area contributed by atoms with Crippen molar-refractivity contribution in [3.63, 3.8) is 0 Å². The van der Waals surface area contributed by atoms with Gasteiger partial charge in [-0.15, -0.1) is 0 Å². The van der Waals surface area contributed by atoms with E-state index in [2.05, 4.69) is 17.4 Å². The van der Waals surface area contributed by atoms with Gasteiger partial charge in [0.25, 0.3) is 0 Å². The molecule has 1 amide bonds. The van der Waals surface area contributed by atoms with Crippen LogP contribution in [-0.2, 0) is 11.3 Å². The Balaban J connectivity index is 2.04. The maximum Gasteiger partial charge on any atom is 0.230 e. The molecule has 0 spiro atoms. The minimum absolute atomic E-state index is 0.211. The molecule has 1 fully saturated rings. The van der Waals surface area contributed by atoms with Gasteiger partial charge in [0, 0.05) is 19.7 Å². The number of rotatable bonds is 4. The molecule has 1 N–H and O–H groups in total. The third kappa shape index (κ3) is 2.97. The number of hydrogen-bond donors (Lipinski definition) is 1. The van der Waals surface area contributed by atoms with E-state index < -0.39 is 0 Å². The molecule has 1 aromatic heterocycles. The van der Waals surface area contributed by atoms with E-state index >= 15 is 0 Å². The van der Waals surface area contributed by atoms with Crippen molar-refractivity contribution in [3.8, 4) is 0 Å². The Kier molecular flexibility index (Phi) is 4.24. The first kappa shape index (κ1) is 14.1. The van der Waals surface area contributed by atoms with Gasteiger partial charge in [-0.25, -0.2) is 0 Å². The molecule has 0 radical (unpaired) electrons. The minimum Gasteiger partial charge on any atom is -0.361 e. The number of hydrogen-bond acceptors (Lipinski definition) is 4. The van der Waals surface area contributed by atoms with Gasteiger partial charge < -0.3 is 14.7 Å². The van der Waals surface area contributed by atoms with Gasteiger partial charge in [0.1, 0.15) is 11.5 Å². The zero-order chi connectivity index (χ0) is 13.9. The summed E-state index contributed by atoms with van der Waals surface area (Å²) in [5.41, 5.74) is 0.564. The quantitative estimate of drug-likeness (QED) is 0.900. The molecule has 0 bridgehead atoms. The Morgan fingerprint density at radius 3 is 2.95 bits per heavy atom. The van der Waals surface area contributed by atoms with Crippen LogP contribution in [0, 0.1) is 12.3 Å². The lowest BCUT2D eigenvalue weighted by atomic mass is 9.77. The molecule has 106 valence electrons. The fourth-order valence-electron chi connectivity index (χ4n) is 2.82. The first-order valence-electron chi connectivity index (χ1n) is 6.96. The van der Waals surface area contributed by atoms with Gasteiger partial charge in [0.05, 0.1) is 12.0 Å². The molecule has 1 aliphatic rings. The van der Waals surface area contributed by atoms with E-state index in [-0.39, 0.29) is 11.3 Å². The fraction of sp³-hybridized carbons (Fsp3) is 0.714. The average Bonchev–Trinajstić information content (AvgIpc) is 2.84. The van der Waals surface area contributed by atoms with Crippen LogP contribution in [0.4, 0.5) is 0 Å². The number of carbonyl (C=O) groups excluding carboxylic acids is 1. The molecule has 1 aliphatic heterocycles. The van der Waals surface area contributed by atoms with Gasteiger partial charge in [-0.1, -0.05) is 12.1 Å². The number of nitrogens with one attached hydrogen (secondary N) is 1.